The van der Waals surface area contributed by atoms with Gasteiger partial charge in [0.2, 0.25) is 5.91 Å². The molecular formula is C28H26FN3O4S. The lowest BCUT2D eigenvalue weighted by atomic mass is 10.1. The average molecular weight is 520 g/mol. The van der Waals surface area contributed by atoms with E-state index in [0.717, 1.165) is 5.56 Å². The number of esters is 1. The van der Waals surface area contributed by atoms with E-state index in [1.165, 1.54) is 11.0 Å². The summed E-state index contributed by atoms with van der Waals surface area (Å²) in [5.74, 6) is -1.66. The van der Waals surface area contributed by atoms with Crippen LogP contribution in [0.4, 0.5) is 15.8 Å². The fraction of sp³-hybridized carbons (Fsp3) is 0.214. The highest BCUT2D eigenvalue weighted by Crippen LogP contribution is 2.29. The van der Waals surface area contributed by atoms with Gasteiger partial charge in [-0.05, 0) is 68.5 Å². The summed E-state index contributed by atoms with van der Waals surface area (Å²) in [6, 6.07) is 18.9. The lowest BCUT2D eigenvalue weighted by Crippen LogP contribution is -2.37. The van der Waals surface area contributed by atoms with Gasteiger partial charge < -0.3 is 15.0 Å². The number of nitrogens with one attached hydrogen (secondary N) is 1. The second kappa shape index (κ2) is 11.3. The molecule has 1 fully saturated rings. The maximum absolute atomic E-state index is 14.5. The van der Waals surface area contributed by atoms with Crippen molar-refractivity contribution in [2.24, 2.45) is 0 Å². The predicted octanol–water partition coefficient (Wildman–Crippen LogP) is 4.84. The molecule has 3 aromatic carbocycles. The van der Waals surface area contributed by atoms with Crippen LogP contribution in [0.2, 0.25) is 0 Å². The predicted molar refractivity (Wildman–Crippen MR) is 143 cm³/mol. The first-order chi connectivity index (χ1) is 17.8. The van der Waals surface area contributed by atoms with Crippen molar-refractivity contribution < 1.29 is 23.5 Å². The Balaban J connectivity index is 1.55. The second-order valence-corrected chi connectivity index (χ2v) is 8.94. The summed E-state index contributed by atoms with van der Waals surface area (Å²) in [5.41, 5.74) is 2.79. The van der Waals surface area contributed by atoms with Gasteiger partial charge in [-0.25, -0.2) is 9.18 Å². The van der Waals surface area contributed by atoms with E-state index in [-0.39, 0.29) is 30.6 Å². The van der Waals surface area contributed by atoms with E-state index in [0.29, 0.717) is 22.5 Å². The van der Waals surface area contributed by atoms with Crippen LogP contribution in [0.1, 0.15) is 34.8 Å². The Morgan fingerprint density at radius 1 is 1.03 bits per heavy atom. The van der Waals surface area contributed by atoms with Crippen LogP contribution in [0.5, 0.6) is 0 Å². The molecule has 0 aliphatic carbocycles. The number of hydrogen-bond acceptors (Lipinski definition) is 5. The molecule has 1 N–H and O–H groups in total. The summed E-state index contributed by atoms with van der Waals surface area (Å²) in [4.78, 5) is 41.3. The highest BCUT2D eigenvalue weighted by Gasteiger charge is 2.44. The van der Waals surface area contributed by atoms with Crippen LogP contribution in [-0.4, -0.2) is 40.4 Å². The lowest BCUT2D eigenvalue weighted by Gasteiger charge is -2.24. The zero-order valence-electron chi connectivity index (χ0n) is 20.4. The molecule has 0 radical (unpaired) electrons. The van der Waals surface area contributed by atoms with Gasteiger partial charge in [0.05, 0.1) is 24.3 Å². The summed E-state index contributed by atoms with van der Waals surface area (Å²) in [6.07, 6.45) is -0.199. The molecule has 3 aromatic rings. The second-order valence-electron chi connectivity index (χ2n) is 8.58. The number of anilines is 2. The van der Waals surface area contributed by atoms with Crippen molar-refractivity contribution >= 4 is 46.5 Å². The third kappa shape index (κ3) is 5.83. The van der Waals surface area contributed by atoms with Gasteiger partial charge in [0.15, 0.2) is 5.11 Å². The van der Waals surface area contributed by atoms with Crippen molar-refractivity contribution in [3.05, 3.63) is 95.3 Å². The van der Waals surface area contributed by atoms with Crippen molar-refractivity contribution in [2.75, 3.05) is 16.8 Å². The number of ether oxygens (including phenoxy) is 1. The zero-order chi connectivity index (χ0) is 26.5. The van der Waals surface area contributed by atoms with E-state index in [1.807, 2.05) is 19.1 Å². The molecule has 4 rings (SSSR count). The summed E-state index contributed by atoms with van der Waals surface area (Å²) >= 11 is 5.65. The molecule has 0 unspecified atom stereocenters. The largest absolute Gasteiger partial charge is 0.462 e. The number of hydrogen-bond donors (Lipinski definition) is 1. The summed E-state index contributed by atoms with van der Waals surface area (Å²) in [7, 11) is 0. The number of halogens is 1. The molecule has 2 amide bonds. The molecule has 1 saturated heterocycles. The van der Waals surface area contributed by atoms with Gasteiger partial charge in [-0.3, -0.25) is 14.5 Å². The normalized spacial score (nSPS) is 15.2. The van der Waals surface area contributed by atoms with E-state index >= 15 is 0 Å². The highest BCUT2D eigenvalue weighted by atomic mass is 32.1. The van der Waals surface area contributed by atoms with E-state index in [2.05, 4.69) is 5.32 Å². The van der Waals surface area contributed by atoms with Crippen molar-refractivity contribution in [3.8, 4) is 0 Å². The van der Waals surface area contributed by atoms with Crippen molar-refractivity contribution in [3.63, 3.8) is 0 Å². The van der Waals surface area contributed by atoms with Gasteiger partial charge in [-0.1, -0.05) is 35.9 Å². The fourth-order valence-corrected chi connectivity index (χ4v) is 4.43. The Kier molecular flexibility index (Phi) is 7.93. The first kappa shape index (κ1) is 26.0. The minimum Gasteiger partial charge on any atom is -0.462 e. The minimum atomic E-state index is -0.924. The molecule has 0 aromatic heterocycles. The van der Waals surface area contributed by atoms with Crippen LogP contribution >= 0.6 is 12.2 Å². The maximum atomic E-state index is 14.5. The minimum absolute atomic E-state index is 0.0335. The Morgan fingerprint density at radius 3 is 2.35 bits per heavy atom. The average Bonchev–Trinajstić information content (AvgIpc) is 3.10. The van der Waals surface area contributed by atoms with E-state index in [9.17, 15) is 18.8 Å². The molecule has 7 nitrogen and oxygen atoms in total. The van der Waals surface area contributed by atoms with Crippen molar-refractivity contribution in [2.45, 2.75) is 32.9 Å². The van der Waals surface area contributed by atoms with Gasteiger partial charge in [0, 0.05) is 17.8 Å². The maximum Gasteiger partial charge on any atom is 0.338 e. The molecule has 0 bridgehead atoms. The van der Waals surface area contributed by atoms with E-state index < -0.39 is 23.7 Å². The fourth-order valence-electron chi connectivity index (χ4n) is 4.05. The molecule has 1 heterocycles. The Hall–Kier alpha value is -4.11. The third-order valence-electron chi connectivity index (χ3n) is 5.97. The number of amides is 2. The number of aryl methyl sites for hydroxylation is 1. The van der Waals surface area contributed by atoms with Crippen LogP contribution in [-0.2, 0) is 20.9 Å². The van der Waals surface area contributed by atoms with Crippen LogP contribution in [0.3, 0.4) is 0 Å². The molecule has 9 heteroatoms. The highest BCUT2D eigenvalue weighted by molar-refractivity contribution is 7.80. The first-order valence-corrected chi connectivity index (χ1v) is 12.2. The van der Waals surface area contributed by atoms with Gasteiger partial charge in [-0.15, -0.1) is 0 Å². The van der Waals surface area contributed by atoms with Crippen LogP contribution in [0, 0.1) is 12.7 Å². The smallest absolute Gasteiger partial charge is 0.338 e. The van der Waals surface area contributed by atoms with Crippen LogP contribution in [0.15, 0.2) is 72.8 Å². The van der Waals surface area contributed by atoms with Gasteiger partial charge in [0.1, 0.15) is 11.9 Å². The Morgan fingerprint density at radius 2 is 1.70 bits per heavy atom. The number of thiocarbonyl (C=S) groups is 1. The number of carbonyl (C=O) groups is 3. The van der Waals surface area contributed by atoms with Gasteiger partial charge in [-0.2, -0.15) is 0 Å². The standard InChI is InChI=1S/C28H26FN3O4S/c1-3-36-27(35)19-10-12-21(13-11-19)30-25(33)16-24-26(34)32(22-14-8-18(2)9-15-22)28(37)31(24)17-20-6-4-5-7-23(20)29/h4-15,24H,3,16-17H2,1-2H3,(H,30,33)/t24-/m1/s1. The van der Waals surface area contributed by atoms with Crippen molar-refractivity contribution in [1.82, 2.24) is 4.90 Å². The Labute approximate surface area is 219 Å². The zero-order valence-corrected chi connectivity index (χ0v) is 21.3. The third-order valence-corrected chi connectivity index (χ3v) is 6.38. The molecule has 190 valence electrons. The molecule has 0 spiro atoms. The molecule has 1 atom stereocenters. The number of nitrogens with zero attached hydrogens (tertiary/aromatic N) is 2. The van der Waals surface area contributed by atoms with Gasteiger partial charge >= 0.3 is 5.97 Å². The summed E-state index contributed by atoms with van der Waals surface area (Å²) in [6.45, 7) is 3.95. The van der Waals surface area contributed by atoms with Crippen LogP contribution < -0.4 is 10.2 Å². The first-order valence-electron chi connectivity index (χ1n) is 11.8. The summed E-state index contributed by atoms with van der Waals surface area (Å²) < 4.78 is 19.4. The van der Waals surface area contributed by atoms with Crippen molar-refractivity contribution in [1.29, 1.82) is 0 Å². The molecule has 37 heavy (non-hydrogen) atoms. The number of rotatable bonds is 8. The summed E-state index contributed by atoms with van der Waals surface area (Å²) in [5, 5.41) is 2.96. The SMILES string of the molecule is CCOC(=O)c1ccc(NC(=O)C[C@@H]2C(=O)N(c3ccc(C)cc3)C(=S)N2Cc2ccccc2F)cc1. The quantitative estimate of drug-likeness (QED) is 0.339. The molecule has 1 aliphatic rings. The topological polar surface area (TPSA) is 78.9 Å². The number of benzene rings is 3. The molecule has 0 saturated carbocycles. The Bertz CT molecular complexity index is 1330. The van der Waals surface area contributed by atoms with Crippen LogP contribution in [0.25, 0.3) is 0 Å². The molecular weight excluding hydrogens is 493 g/mol. The number of carbonyl (C=O) groups excluding carboxylic acids is 3. The van der Waals surface area contributed by atoms with E-state index in [4.69, 9.17) is 17.0 Å². The molecule has 1 aliphatic heterocycles. The monoisotopic (exact) mass is 519 g/mol. The van der Waals surface area contributed by atoms with Gasteiger partial charge in [0.25, 0.3) is 5.91 Å². The lowest BCUT2D eigenvalue weighted by molar-refractivity contribution is -0.124. The van der Waals surface area contributed by atoms with E-state index in [1.54, 1.807) is 66.4 Å².